The number of aromatic nitrogens is 6. The number of hydrogen-bond acceptors (Lipinski definition) is 5. The van der Waals surface area contributed by atoms with Gasteiger partial charge in [0.2, 0.25) is 5.95 Å². The highest BCUT2D eigenvalue weighted by Crippen LogP contribution is 2.38. The van der Waals surface area contributed by atoms with Gasteiger partial charge in [0, 0.05) is 18.2 Å². The van der Waals surface area contributed by atoms with Crippen LogP contribution in [0.1, 0.15) is 36.8 Å². The van der Waals surface area contributed by atoms with Gasteiger partial charge in [-0.25, -0.2) is 23.1 Å². The van der Waals surface area contributed by atoms with Crippen molar-refractivity contribution in [3.8, 4) is 5.69 Å². The Morgan fingerprint density at radius 3 is 2.87 bits per heavy atom. The Bertz CT molecular complexity index is 1140. The van der Waals surface area contributed by atoms with Gasteiger partial charge < -0.3 is 5.32 Å². The van der Waals surface area contributed by atoms with Crippen molar-refractivity contribution >= 4 is 11.6 Å². The van der Waals surface area contributed by atoms with Crippen LogP contribution in [0.5, 0.6) is 0 Å². The molecule has 9 heteroatoms. The summed E-state index contributed by atoms with van der Waals surface area (Å²) in [5.74, 6) is 1.73. The van der Waals surface area contributed by atoms with Gasteiger partial charge in [-0.3, -0.25) is 0 Å². The van der Waals surface area contributed by atoms with E-state index in [1.165, 1.54) is 23.2 Å². The number of allylic oxidation sites excluding steroid dienone is 4. The molecular formula is C21H21F2N7. The second kappa shape index (κ2) is 7.47. The molecule has 1 N–H and O–H groups in total. The van der Waals surface area contributed by atoms with Gasteiger partial charge in [-0.15, -0.1) is 5.10 Å². The van der Waals surface area contributed by atoms with Crippen LogP contribution in [-0.2, 0) is 6.54 Å². The zero-order valence-corrected chi connectivity index (χ0v) is 16.5. The molecule has 0 bridgehead atoms. The molecular weight excluding hydrogens is 388 g/mol. The molecule has 0 spiro atoms. The van der Waals surface area contributed by atoms with E-state index in [-0.39, 0.29) is 17.7 Å². The molecule has 154 valence electrons. The summed E-state index contributed by atoms with van der Waals surface area (Å²) in [6, 6.07) is 4.80. The summed E-state index contributed by atoms with van der Waals surface area (Å²) in [4.78, 5) is 8.71. The molecule has 30 heavy (non-hydrogen) atoms. The number of rotatable bonds is 4. The van der Waals surface area contributed by atoms with Crippen molar-refractivity contribution in [2.45, 2.75) is 38.6 Å². The molecule has 3 heterocycles. The van der Waals surface area contributed by atoms with Crippen LogP contribution < -0.4 is 5.32 Å². The highest BCUT2D eigenvalue weighted by molar-refractivity contribution is 5.56. The van der Waals surface area contributed by atoms with Gasteiger partial charge in [0.15, 0.2) is 5.82 Å². The minimum Gasteiger partial charge on any atom is -0.323 e. The third-order valence-electron chi connectivity index (χ3n) is 5.67. The van der Waals surface area contributed by atoms with Crippen LogP contribution in [0.3, 0.4) is 0 Å². The molecule has 5 rings (SSSR count). The van der Waals surface area contributed by atoms with E-state index >= 15 is 0 Å². The minimum absolute atomic E-state index is 0.183. The molecule has 1 aliphatic heterocycles. The third kappa shape index (κ3) is 3.40. The molecule has 2 atom stereocenters. The van der Waals surface area contributed by atoms with Crippen molar-refractivity contribution in [3.63, 3.8) is 0 Å². The van der Waals surface area contributed by atoms with E-state index in [4.69, 9.17) is 0 Å². The molecule has 1 aromatic carbocycles. The van der Waals surface area contributed by atoms with Gasteiger partial charge in [0.1, 0.15) is 29.5 Å². The van der Waals surface area contributed by atoms with E-state index < -0.39 is 5.82 Å². The zero-order valence-electron chi connectivity index (χ0n) is 16.5. The molecule has 2 aliphatic rings. The predicted molar refractivity (Wildman–Crippen MR) is 108 cm³/mol. The van der Waals surface area contributed by atoms with Gasteiger partial charge in [-0.1, -0.05) is 6.08 Å². The predicted octanol–water partition coefficient (Wildman–Crippen LogP) is 4.36. The number of benzene rings is 1. The number of fused-ring (bicyclic) bond motifs is 1. The Kier molecular flexibility index (Phi) is 4.65. The molecule has 0 radical (unpaired) electrons. The lowest BCUT2D eigenvalue weighted by Gasteiger charge is -2.28. The van der Waals surface area contributed by atoms with Crippen molar-refractivity contribution in [1.29, 1.82) is 0 Å². The van der Waals surface area contributed by atoms with Crippen molar-refractivity contribution in [2.75, 3.05) is 5.32 Å². The first-order valence-electron chi connectivity index (χ1n) is 10.0. The van der Waals surface area contributed by atoms with Crippen molar-refractivity contribution < 1.29 is 8.78 Å². The molecule has 0 fully saturated rings. The van der Waals surface area contributed by atoms with Crippen LogP contribution in [0.25, 0.3) is 5.69 Å². The fourth-order valence-electron chi connectivity index (χ4n) is 4.17. The van der Waals surface area contributed by atoms with E-state index in [1.807, 2.05) is 10.8 Å². The Morgan fingerprint density at radius 2 is 2.13 bits per heavy atom. The molecule has 0 saturated carbocycles. The largest absolute Gasteiger partial charge is 0.323 e. The van der Waals surface area contributed by atoms with E-state index in [0.717, 1.165) is 25.2 Å². The van der Waals surface area contributed by atoms with Crippen LogP contribution in [0.15, 0.2) is 48.6 Å². The molecule has 3 aromatic rings. The van der Waals surface area contributed by atoms with E-state index in [2.05, 4.69) is 25.5 Å². The van der Waals surface area contributed by atoms with Gasteiger partial charge in [0.25, 0.3) is 0 Å². The van der Waals surface area contributed by atoms with Crippen LogP contribution in [0, 0.1) is 18.7 Å². The summed E-state index contributed by atoms with van der Waals surface area (Å²) in [5.41, 5.74) is 0.883. The van der Waals surface area contributed by atoms with Crippen LogP contribution in [-0.4, -0.2) is 29.5 Å². The Morgan fingerprint density at radius 1 is 1.23 bits per heavy atom. The number of nitrogens with zero attached hydrogens (tertiary/aromatic N) is 6. The smallest absolute Gasteiger partial charge is 0.246 e. The van der Waals surface area contributed by atoms with E-state index in [1.54, 1.807) is 25.1 Å². The normalized spacial score (nSPS) is 20.7. The van der Waals surface area contributed by atoms with Crippen LogP contribution >= 0.6 is 0 Å². The maximum absolute atomic E-state index is 14.6. The molecule has 1 aliphatic carbocycles. The second-order valence-corrected chi connectivity index (χ2v) is 7.62. The zero-order chi connectivity index (χ0) is 20.7. The van der Waals surface area contributed by atoms with Crippen molar-refractivity contribution in [3.05, 3.63) is 66.0 Å². The average Bonchev–Trinajstić information content (AvgIpc) is 3.34. The van der Waals surface area contributed by atoms with Gasteiger partial charge in [-0.2, -0.15) is 10.1 Å². The standard InChI is InChI=1S/C21H21F2N7/c1-13-24-12-25-30(13)19-9-8-16(11-18(19)23)26-21-27-20-17(3-2-10-29(20)28-21)14-4-6-15(22)7-5-14/h4,6-9,11-12,14,17H,2-3,5,10H2,1H3,(H,26,28). The fourth-order valence-corrected chi connectivity index (χ4v) is 4.17. The first-order chi connectivity index (χ1) is 14.6. The summed E-state index contributed by atoms with van der Waals surface area (Å²) < 4.78 is 31.3. The summed E-state index contributed by atoms with van der Waals surface area (Å²) in [7, 11) is 0. The Hall–Kier alpha value is -3.36. The lowest BCUT2D eigenvalue weighted by Crippen LogP contribution is -2.22. The van der Waals surface area contributed by atoms with Gasteiger partial charge in [-0.05, 0) is 62.5 Å². The van der Waals surface area contributed by atoms with Crippen molar-refractivity contribution in [2.24, 2.45) is 5.92 Å². The van der Waals surface area contributed by atoms with Gasteiger partial charge in [0.05, 0.1) is 0 Å². The van der Waals surface area contributed by atoms with Crippen molar-refractivity contribution in [1.82, 2.24) is 29.5 Å². The average molecular weight is 409 g/mol. The number of anilines is 2. The fraction of sp³-hybridized carbons (Fsp3) is 0.333. The number of hydrogen-bond donors (Lipinski definition) is 1. The number of nitrogens with one attached hydrogen (secondary N) is 1. The monoisotopic (exact) mass is 409 g/mol. The molecule has 2 aromatic heterocycles. The summed E-state index contributed by atoms with van der Waals surface area (Å²) in [5, 5.41) is 11.7. The molecule has 0 saturated heterocycles. The first-order valence-corrected chi connectivity index (χ1v) is 10.0. The highest BCUT2D eigenvalue weighted by Gasteiger charge is 2.30. The first kappa shape index (κ1) is 18.7. The number of aryl methyl sites for hydroxylation is 2. The Labute approximate surface area is 172 Å². The summed E-state index contributed by atoms with van der Waals surface area (Å²) in [6.07, 6.45) is 9.13. The summed E-state index contributed by atoms with van der Waals surface area (Å²) >= 11 is 0. The molecule has 0 amide bonds. The Balaban J connectivity index is 1.37. The van der Waals surface area contributed by atoms with E-state index in [9.17, 15) is 8.78 Å². The topological polar surface area (TPSA) is 73.5 Å². The minimum atomic E-state index is -0.420. The molecule has 7 nitrogen and oxygen atoms in total. The molecule has 2 unspecified atom stereocenters. The summed E-state index contributed by atoms with van der Waals surface area (Å²) in [6.45, 7) is 2.56. The third-order valence-corrected chi connectivity index (χ3v) is 5.67. The second-order valence-electron chi connectivity index (χ2n) is 7.62. The lowest BCUT2D eigenvalue weighted by molar-refractivity contribution is 0.355. The van der Waals surface area contributed by atoms with Gasteiger partial charge >= 0.3 is 0 Å². The van der Waals surface area contributed by atoms with Crippen LogP contribution in [0.2, 0.25) is 0 Å². The lowest BCUT2D eigenvalue weighted by atomic mass is 9.82. The highest BCUT2D eigenvalue weighted by atomic mass is 19.1. The van der Waals surface area contributed by atoms with Crippen LogP contribution in [0.4, 0.5) is 20.4 Å². The maximum Gasteiger partial charge on any atom is 0.246 e. The number of halogens is 2. The SMILES string of the molecule is Cc1ncnn1-c1ccc(Nc2nc3n(n2)CCCC3C2C=CC(F)=CC2)cc1F. The quantitative estimate of drug-likeness (QED) is 0.693. The van der Waals surface area contributed by atoms with E-state index in [0.29, 0.717) is 29.6 Å². The maximum atomic E-state index is 14.6.